The van der Waals surface area contributed by atoms with Gasteiger partial charge in [0, 0.05) is 22.9 Å². The molecule has 0 unspecified atom stereocenters. The third-order valence-electron chi connectivity index (χ3n) is 5.23. The first-order chi connectivity index (χ1) is 11.8. The zero-order valence-electron chi connectivity index (χ0n) is 14.7. The highest BCUT2D eigenvalue weighted by Gasteiger charge is 2.28. The maximum Gasteiger partial charge on any atom is 0.0556 e. The predicted octanol–water partition coefficient (Wildman–Crippen LogP) is 5.51. The largest absolute Gasteiger partial charge is 0.338 e. The van der Waals surface area contributed by atoms with E-state index in [-0.39, 0.29) is 0 Å². The Morgan fingerprint density at radius 3 is 2.50 bits per heavy atom. The molecule has 0 atom stereocenters. The van der Waals surface area contributed by atoms with Crippen LogP contribution < -0.4 is 4.90 Å². The maximum absolute atomic E-state index is 2.55. The van der Waals surface area contributed by atoms with Crippen LogP contribution in [0.4, 0.5) is 11.4 Å². The van der Waals surface area contributed by atoms with E-state index in [2.05, 4.69) is 66.1 Å². The van der Waals surface area contributed by atoms with Crippen LogP contribution in [-0.4, -0.2) is 31.1 Å². The number of fused-ring (bicyclic) bond motifs is 2. The summed E-state index contributed by atoms with van der Waals surface area (Å²) in [7, 11) is 0. The second-order valence-corrected chi connectivity index (χ2v) is 7.83. The summed E-state index contributed by atoms with van der Waals surface area (Å²) < 4.78 is 0. The minimum atomic E-state index is 0.808. The Hall–Kier alpha value is -1.45. The lowest BCUT2D eigenvalue weighted by atomic mass is 10.1. The molecule has 3 heteroatoms. The highest BCUT2D eigenvalue weighted by Crippen LogP contribution is 2.50. The van der Waals surface area contributed by atoms with Gasteiger partial charge in [-0.3, -0.25) is 0 Å². The van der Waals surface area contributed by atoms with Crippen molar-refractivity contribution in [2.24, 2.45) is 0 Å². The van der Waals surface area contributed by atoms with Gasteiger partial charge < -0.3 is 9.80 Å². The van der Waals surface area contributed by atoms with E-state index in [9.17, 15) is 0 Å². The molecule has 2 aromatic carbocycles. The quantitative estimate of drug-likeness (QED) is 0.686. The third kappa shape index (κ3) is 3.07. The molecule has 0 N–H and O–H groups in total. The van der Waals surface area contributed by atoms with E-state index in [4.69, 9.17) is 0 Å². The fourth-order valence-electron chi connectivity index (χ4n) is 3.54. The Morgan fingerprint density at radius 2 is 1.75 bits per heavy atom. The fraction of sp³-hybridized carbons (Fsp3) is 0.429. The Balaban J connectivity index is 1.68. The topological polar surface area (TPSA) is 6.48 Å². The number of hydrogen-bond donors (Lipinski definition) is 0. The molecule has 0 saturated heterocycles. The minimum Gasteiger partial charge on any atom is -0.338 e. The van der Waals surface area contributed by atoms with E-state index in [0.29, 0.717) is 0 Å². The van der Waals surface area contributed by atoms with E-state index >= 15 is 0 Å². The second-order valence-electron chi connectivity index (χ2n) is 6.75. The van der Waals surface area contributed by atoms with Crippen molar-refractivity contribution < 1.29 is 0 Å². The van der Waals surface area contributed by atoms with Crippen LogP contribution in [0.1, 0.15) is 38.2 Å². The van der Waals surface area contributed by atoms with Crippen LogP contribution in [-0.2, 0) is 0 Å². The van der Waals surface area contributed by atoms with E-state index in [1.807, 2.05) is 11.8 Å². The van der Waals surface area contributed by atoms with Gasteiger partial charge in [0.05, 0.1) is 11.4 Å². The van der Waals surface area contributed by atoms with Crippen molar-refractivity contribution in [3.05, 3.63) is 48.0 Å². The molecule has 1 saturated carbocycles. The van der Waals surface area contributed by atoms with Gasteiger partial charge in [0.1, 0.15) is 0 Å². The number of benzene rings is 2. The van der Waals surface area contributed by atoms with Gasteiger partial charge in [0.2, 0.25) is 0 Å². The fourth-order valence-corrected chi connectivity index (χ4v) is 4.62. The molecule has 0 aromatic heterocycles. The highest BCUT2D eigenvalue weighted by molar-refractivity contribution is 7.99. The Morgan fingerprint density at radius 1 is 1.00 bits per heavy atom. The molecule has 1 fully saturated rings. The monoisotopic (exact) mass is 338 g/mol. The number of nitrogens with zero attached hydrogens (tertiary/aromatic N) is 2. The molecule has 0 spiro atoms. The van der Waals surface area contributed by atoms with E-state index in [0.717, 1.165) is 32.1 Å². The average molecular weight is 339 g/mol. The zero-order valence-corrected chi connectivity index (χ0v) is 15.5. The van der Waals surface area contributed by atoms with E-state index < -0.39 is 0 Å². The molecule has 1 heterocycles. The maximum atomic E-state index is 2.55. The summed E-state index contributed by atoms with van der Waals surface area (Å²) in [6.45, 7) is 8.91. The van der Waals surface area contributed by atoms with Gasteiger partial charge in [-0.05, 0) is 61.7 Å². The predicted molar refractivity (Wildman–Crippen MR) is 104 cm³/mol. The van der Waals surface area contributed by atoms with Crippen LogP contribution in [0.3, 0.4) is 0 Å². The molecule has 0 bridgehead atoms. The number of para-hydroxylation sites is 1. The van der Waals surface area contributed by atoms with Gasteiger partial charge in [-0.2, -0.15) is 0 Å². The normalized spacial score (nSPS) is 16.2. The summed E-state index contributed by atoms with van der Waals surface area (Å²) in [4.78, 5) is 7.83. The highest BCUT2D eigenvalue weighted by atomic mass is 32.2. The van der Waals surface area contributed by atoms with Gasteiger partial charge >= 0.3 is 0 Å². The van der Waals surface area contributed by atoms with Crippen molar-refractivity contribution in [2.75, 3.05) is 31.1 Å². The van der Waals surface area contributed by atoms with Crippen LogP contribution in [0.5, 0.6) is 0 Å². The van der Waals surface area contributed by atoms with Crippen molar-refractivity contribution in [1.82, 2.24) is 4.90 Å². The first kappa shape index (κ1) is 16.0. The molecule has 2 aromatic rings. The van der Waals surface area contributed by atoms with Crippen LogP contribution in [0.25, 0.3) is 0 Å². The number of anilines is 2. The smallest absolute Gasteiger partial charge is 0.0556 e. The lowest BCUT2D eigenvalue weighted by Crippen LogP contribution is -2.33. The molecule has 0 amide bonds. The lowest BCUT2D eigenvalue weighted by Gasteiger charge is -2.34. The molecule has 2 aliphatic rings. The van der Waals surface area contributed by atoms with Crippen LogP contribution in [0, 0.1) is 0 Å². The van der Waals surface area contributed by atoms with Crippen LogP contribution in [0.15, 0.2) is 52.3 Å². The molecular formula is C21H26N2S. The Kier molecular flexibility index (Phi) is 4.55. The van der Waals surface area contributed by atoms with E-state index in [1.165, 1.54) is 39.6 Å². The lowest BCUT2D eigenvalue weighted by molar-refractivity contribution is 0.312. The SMILES string of the molecule is CCN(CC)CCN1c2ccccc2Sc2ccc(C3CC3)cc21. The molecule has 1 aliphatic carbocycles. The summed E-state index contributed by atoms with van der Waals surface area (Å²) in [5, 5.41) is 0. The molecule has 0 radical (unpaired) electrons. The van der Waals surface area contributed by atoms with E-state index in [1.54, 1.807) is 0 Å². The van der Waals surface area contributed by atoms with Crippen molar-refractivity contribution in [1.29, 1.82) is 0 Å². The number of rotatable bonds is 6. The minimum absolute atomic E-state index is 0.808. The zero-order chi connectivity index (χ0) is 16.5. The van der Waals surface area contributed by atoms with Crippen molar-refractivity contribution in [3.8, 4) is 0 Å². The van der Waals surface area contributed by atoms with Crippen molar-refractivity contribution >= 4 is 23.1 Å². The van der Waals surface area contributed by atoms with Crippen molar-refractivity contribution in [2.45, 2.75) is 42.4 Å². The molecule has 1 aliphatic heterocycles. The van der Waals surface area contributed by atoms with Gasteiger partial charge in [0.15, 0.2) is 0 Å². The van der Waals surface area contributed by atoms with Gasteiger partial charge in [-0.25, -0.2) is 0 Å². The summed E-state index contributed by atoms with van der Waals surface area (Å²) >= 11 is 1.92. The van der Waals surface area contributed by atoms with Crippen molar-refractivity contribution in [3.63, 3.8) is 0 Å². The van der Waals surface area contributed by atoms with Gasteiger partial charge in [-0.15, -0.1) is 0 Å². The summed E-state index contributed by atoms with van der Waals surface area (Å²) in [6.07, 6.45) is 2.73. The summed E-state index contributed by atoms with van der Waals surface area (Å²) in [5.74, 6) is 0.808. The third-order valence-corrected chi connectivity index (χ3v) is 6.36. The molecule has 4 rings (SSSR count). The molecule has 2 nitrogen and oxygen atoms in total. The van der Waals surface area contributed by atoms with Gasteiger partial charge in [-0.1, -0.05) is 43.8 Å². The van der Waals surface area contributed by atoms with Crippen LogP contribution in [0.2, 0.25) is 0 Å². The number of likely N-dealkylation sites (N-methyl/N-ethyl adjacent to an activating group) is 1. The molecule has 126 valence electrons. The molecular weight excluding hydrogens is 312 g/mol. The standard InChI is InChI=1S/C21H26N2S/c1-3-22(4-2)13-14-23-18-7-5-6-8-20(18)24-21-12-11-17(15-19(21)23)16-9-10-16/h5-8,11-12,15-16H,3-4,9-10,13-14H2,1-2H3. The van der Waals surface area contributed by atoms with Gasteiger partial charge in [0.25, 0.3) is 0 Å². The molecule has 24 heavy (non-hydrogen) atoms. The second kappa shape index (κ2) is 6.81. The Labute approximate surface area is 149 Å². The summed E-state index contributed by atoms with van der Waals surface area (Å²) in [6, 6.07) is 16.0. The Bertz CT molecular complexity index is 720. The summed E-state index contributed by atoms with van der Waals surface area (Å²) in [5.41, 5.74) is 4.31. The van der Waals surface area contributed by atoms with Crippen LogP contribution >= 0.6 is 11.8 Å². The number of hydrogen-bond acceptors (Lipinski definition) is 3. The first-order valence-corrected chi connectivity index (χ1v) is 10.0. The average Bonchev–Trinajstić information content (AvgIpc) is 3.46. The first-order valence-electron chi connectivity index (χ1n) is 9.21.